The van der Waals surface area contributed by atoms with Gasteiger partial charge in [0.05, 0.1) is 5.75 Å². The summed E-state index contributed by atoms with van der Waals surface area (Å²) in [5.74, 6) is 0.183. The van der Waals surface area contributed by atoms with Gasteiger partial charge in [-0.2, -0.15) is 0 Å². The van der Waals surface area contributed by atoms with E-state index >= 15 is 0 Å². The standard InChI is InChI=1S/C9H20N2O2S/c1-3-6-10-7-8-14(12,13)11-9(2)4-5-9/h10-11H,3-8H2,1-2H3. The van der Waals surface area contributed by atoms with Gasteiger partial charge in [-0.1, -0.05) is 6.92 Å². The van der Waals surface area contributed by atoms with Crippen molar-refractivity contribution in [2.45, 2.75) is 38.6 Å². The summed E-state index contributed by atoms with van der Waals surface area (Å²) in [6.45, 7) is 5.43. The summed E-state index contributed by atoms with van der Waals surface area (Å²) >= 11 is 0. The van der Waals surface area contributed by atoms with Crippen LogP contribution in [0, 0.1) is 0 Å². The zero-order chi connectivity index (χ0) is 10.7. The van der Waals surface area contributed by atoms with Crippen LogP contribution in [0.2, 0.25) is 0 Å². The van der Waals surface area contributed by atoms with Crippen LogP contribution in [-0.2, 0) is 10.0 Å². The van der Waals surface area contributed by atoms with Crippen molar-refractivity contribution in [1.82, 2.24) is 10.0 Å². The molecular weight excluding hydrogens is 200 g/mol. The number of rotatable bonds is 7. The van der Waals surface area contributed by atoms with Gasteiger partial charge in [-0.25, -0.2) is 13.1 Å². The predicted octanol–water partition coefficient (Wildman–Crippen LogP) is 0.458. The molecule has 1 saturated carbocycles. The molecule has 1 aliphatic rings. The zero-order valence-corrected chi connectivity index (χ0v) is 9.78. The molecule has 2 N–H and O–H groups in total. The third-order valence-corrected chi connectivity index (χ3v) is 3.92. The SMILES string of the molecule is CCCNCCS(=O)(=O)NC1(C)CC1. The molecule has 5 heteroatoms. The second kappa shape index (κ2) is 4.59. The van der Waals surface area contributed by atoms with Crippen molar-refractivity contribution in [2.75, 3.05) is 18.8 Å². The van der Waals surface area contributed by atoms with Crippen LogP contribution in [0.3, 0.4) is 0 Å². The van der Waals surface area contributed by atoms with Crippen LogP contribution in [0.5, 0.6) is 0 Å². The van der Waals surface area contributed by atoms with Crippen LogP contribution < -0.4 is 10.0 Å². The van der Waals surface area contributed by atoms with Crippen LogP contribution >= 0.6 is 0 Å². The Balaban J connectivity index is 2.21. The third kappa shape index (κ3) is 4.39. The molecule has 0 heterocycles. The summed E-state index contributed by atoms with van der Waals surface area (Å²) in [4.78, 5) is 0. The summed E-state index contributed by atoms with van der Waals surface area (Å²) in [5, 5.41) is 3.08. The van der Waals surface area contributed by atoms with Gasteiger partial charge in [0.25, 0.3) is 0 Å². The monoisotopic (exact) mass is 220 g/mol. The normalized spacial score (nSPS) is 19.6. The van der Waals surface area contributed by atoms with E-state index < -0.39 is 10.0 Å². The van der Waals surface area contributed by atoms with Crippen LogP contribution in [0.1, 0.15) is 33.1 Å². The third-order valence-electron chi connectivity index (χ3n) is 2.38. The Labute approximate surface area is 86.5 Å². The van der Waals surface area contributed by atoms with E-state index in [9.17, 15) is 8.42 Å². The molecule has 0 saturated heterocycles. The average Bonchev–Trinajstić information content (AvgIpc) is 2.76. The number of sulfonamides is 1. The van der Waals surface area contributed by atoms with Crippen molar-refractivity contribution >= 4 is 10.0 Å². The molecule has 0 bridgehead atoms. The van der Waals surface area contributed by atoms with Gasteiger partial charge < -0.3 is 5.32 Å². The Bertz CT molecular complexity index is 271. The Kier molecular flexibility index (Phi) is 3.92. The van der Waals surface area contributed by atoms with Crippen LogP contribution in [-0.4, -0.2) is 32.8 Å². The minimum atomic E-state index is -3.07. The van der Waals surface area contributed by atoms with E-state index in [0.717, 1.165) is 25.8 Å². The van der Waals surface area contributed by atoms with Crippen LogP contribution in [0.4, 0.5) is 0 Å². The van der Waals surface area contributed by atoms with Gasteiger partial charge in [-0.3, -0.25) is 0 Å². The maximum atomic E-state index is 11.5. The Hall–Kier alpha value is -0.130. The van der Waals surface area contributed by atoms with E-state index in [1.165, 1.54) is 0 Å². The summed E-state index contributed by atoms with van der Waals surface area (Å²) in [5.41, 5.74) is -0.135. The molecule has 1 aliphatic carbocycles. The highest BCUT2D eigenvalue weighted by Gasteiger charge is 2.40. The van der Waals surface area contributed by atoms with Gasteiger partial charge in [-0.05, 0) is 32.7 Å². The smallest absolute Gasteiger partial charge is 0.213 e. The van der Waals surface area contributed by atoms with Gasteiger partial charge in [-0.15, -0.1) is 0 Å². The maximum Gasteiger partial charge on any atom is 0.213 e. The Morgan fingerprint density at radius 2 is 1.93 bits per heavy atom. The molecule has 0 unspecified atom stereocenters. The summed E-state index contributed by atoms with van der Waals surface area (Å²) < 4.78 is 25.7. The lowest BCUT2D eigenvalue weighted by Gasteiger charge is -2.12. The largest absolute Gasteiger partial charge is 0.316 e. The Morgan fingerprint density at radius 1 is 1.29 bits per heavy atom. The number of hydrogen-bond acceptors (Lipinski definition) is 3. The van der Waals surface area contributed by atoms with Gasteiger partial charge >= 0.3 is 0 Å². The van der Waals surface area contributed by atoms with Gasteiger partial charge in [0.15, 0.2) is 0 Å². The second-order valence-corrected chi connectivity index (χ2v) is 6.07. The molecule has 84 valence electrons. The van der Waals surface area contributed by atoms with Crippen molar-refractivity contribution in [3.63, 3.8) is 0 Å². The highest BCUT2D eigenvalue weighted by atomic mass is 32.2. The molecule has 0 atom stereocenters. The summed E-state index contributed by atoms with van der Waals surface area (Å²) in [7, 11) is -3.07. The van der Waals surface area contributed by atoms with Gasteiger partial charge in [0.1, 0.15) is 0 Å². The lowest BCUT2D eigenvalue weighted by atomic mass is 10.4. The molecule has 0 aromatic heterocycles. The van der Waals surface area contributed by atoms with Crippen LogP contribution in [0.25, 0.3) is 0 Å². The number of nitrogens with one attached hydrogen (secondary N) is 2. The topological polar surface area (TPSA) is 58.2 Å². The van der Waals surface area contributed by atoms with E-state index in [0.29, 0.717) is 6.54 Å². The lowest BCUT2D eigenvalue weighted by Crippen LogP contribution is -2.38. The molecule has 4 nitrogen and oxygen atoms in total. The fourth-order valence-corrected chi connectivity index (χ4v) is 2.69. The van der Waals surface area contributed by atoms with E-state index in [1.54, 1.807) is 0 Å². The summed E-state index contributed by atoms with van der Waals surface area (Å²) in [6.07, 6.45) is 2.97. The highest BCUT2D eigenvalue weighted by molar-refractivity contribution is 7.89. The molecule has 1 fully saturated rings. The van der Waals surface area contributed by atoms with E-state index in [4.69, 9.17) is 0 Å². The molecule has 0 aromatic rings. The first-order chi connectivity index (χ1) is 6.47. The first kappa shape index (κ1) is 11.9. The fourth-order valence-electron chi connectivity index (χ4n) is 1.22. The van der Waals surface area contributed by atoms with E-state index in [1.807, 2.05) is 6.92 Å². The number of hydrogen-bond donors (Lipinski definition) is 2. The van der Waals surface area contributed by atoms with Crippen molar-refractivity contribution in [3.8, 4) is 0 Å². The molecule has 0 amide bonds. The highest BCUT2D eigenvalue weighted by Crippen LogP contribution is 2.34. The molecule has 1 rings (SSSR count). The lowest BCUT2D eigenvalue weighted by molar-refractivity contribution is 0.554. The van der Waals surface area contributed by atoms with Crippen molar-refractivity contribution in [2.24, 2.45) is 0 Å². The van der Waals surface area contributed by atoms with Gasteiger partial charge in [0.2, 0.25) is 10.0 Å². The molecule has 0 spiro atoms. The quantitative estimate of drug-likeness (QED) is 0.613. The molecular formula is C9H20N2O2S. The minimum absolute atomic E-state index is 0.135. The first-order valence-corrected chi connectivity index (χ1v) is 6.85. The first-order valence-electron chi connectivity index (χ1n) is 5.20. The van der Waals surface area contributed by atoms with Crippen molar-refractivity contribution in [1.29, 1.82) is 0 Å². The van der Waals surface area contributed by atoms with E-state index in [2.05, 4.69) is 17.0 Å². The predicted molar refractivity (Wildman–Crippen MR) is 57.7 cm³/mol. The molecule has 0 radical (unpaired) electrons. The summed E-state index contributed by atoms with van der Waals surface area (Å²) in [6, 6.07) is 0. The zero-order valence-electron chi connectivity index (χ0n) is 8.97. The van der Waals surface area contributed by atoms with Crippen molar-refractivity contribution < 1.29 is 8.42 Å². The van der Waals surface area contributed by atoms with E-state index in [-0.39, 0.29) is 11.3 Å². The van der Waals surface area contributed by atoms with Crippen molar-refractivity contribution in [3.05, 3.63) is 0 Å². The molecule has 0 aromatic carbocycles. The Morgan fingerprint density at radius 3 is 2.43 bits per heavy atom. The fraction of sp³-hybridized carbons (Fsp3) is 1.00. The maximum absolute atomic E-state index is 11.5. The van der Waals surface area contributed by atoms with Crippen LogP contribution in [0.15, 0.2) is 0 Å². The molecule has 14 heavy (non-hydrogen) atoms. The second-order valence-electron chi connectivity index (χ2n) is 4.23. The van der Waals surface area contributed by atoms with Gasteiger partial charge in [0, 0.05) is 12.1 Å². The minimum Gasteiger partial charge on any atom is -0.316 e. The average molecular weight is 220 g/mol. The molecule has 0 aliphatic heterocycles.